The highest BCUT2D eigenvalue weighted by molar-refractivity contribution is 5.92. The van der Waals surface area contributed by atoms with E-state index in [0.29, 0.717) is 6.61 Å². The van der Waals surface area contributed by atoms with E-state index in [-0.39, 0.29) is 12.0 Å². The Kier molecular flexibility index (Phi) is 3.91. The zero-order valence-corrected chi connectivity index (χ0v) is 10.1. The monoisotopic (exact) mass is 231 g/mol. The van der Waals surface area contributed by atoms with Crippen molar-refractivity contribution < 1.29 is 9.53 Å². The van der Waals surface area contributed by atoms with Crippen molar-refractivity contribution in [2.75, 3.05) is 6.61 Å². The van der Waals surface area contributed by atoms with Crippen LogP contribution < -0.4 is 0 Å². The molecule has 0 bridgehead atoms. The fourth-order valence-corrected chi connectivity index (χ4v) is 2.03. The minimum atomic E-state index is -0.270. The van der Waals surface area contributed by atoms with E-state index in [1.165, 1.54) is 5.56 Å². The van der Waals surface area contributed by atoms with Crippen LogP contribution in [0.3, 0.4) is 0 Å². The Morgan fingerprint density at radius 1 is 1.41 bits per heavy atom. The quantitative estimate of drug-likeness (QED) is 0.746. The molecule has 3 nitrogen and oxygen atoms in total. The first-order valence-electron chi connectivity index (χ1n) is 6.05. The Morgan fingerprint density at radius 3 is 2.88 bits per heavy atom. The van der Waals surface area contributed by atoms with Crippen LogP contribution >= 0.6 is 0 Å². The van der Waals surface area contributed by atoms with Crippen molar-refractivity contribution in [1.29, 1.82) is 0 Å². The van der Waals surface area contributed by atoms with Gasteiger partial charge in [-0.25, -0.2) is 4.79 Å². The van der Waals surface area contributed by atoms with Gasteiger partial charge in [-0.15, -0.1) is 0 Å². The van der Waals surface area contributed by atoms with Crippen LogP contribution in [0.1, 0.15) is 25.3 Å². The Hall–Kier alpha value is -1.64. The van der Waals surface area contributed by atoms with Gasteiger partial charge >= 0.3 is 5.97 Å². The van der Waals surface area contributed by atoms with Gasteiger partial charge in [0.05, 0.1) is 6.61 Å². The lowest BCUT2D eigenvalue weighted by molar-refractivity contribution is -0.144. The average Bonchev–Trinajstić information content (AvgIpc) is 2.79. The molecule has 90 valence electrons. The van der Waals surface area contributed by atoms with Crippen LogP contribution in [-0.2, 0) is 16.0 Å². The molecule has 1 aromatic carbocycles. The van der Waals surface area contributed by atoms with Gasteiger partial charge in [-0.3, -0.25) is 4.99 Å². The molecule has 17 heavy (non-hydrogen) atoms. The molecule has 1 heterocycles. The highest BCUT2D eigenvalue weighted by Crippen LogP contribution is 2.17. The van der Waals surface area contributed by atoms with Gasteiger partial charge in [-0.2, -0.15) is 0 Å². The zero-order valence-electron chi connectivity index (χ0n) is 10.1. The third-order valence-electron chi connectivity index (χ3n) is 2.85. The third kappa shape index (κ3) is 3.16. The molecule has 0 aliphatic carbocycles. The predicted octanol–water partition coefficient (Wildman–Crippen LogP) is 2.40. The first kappa shape index (κ1) is 11.8. The van der Waals surface area contributed by atoms with Gasteiger partial charge < -0.3 is 4.74 Å². The van der Waals surface area contributed by atoms with E-state index in [1.54, 1.807) is 0 Å². The summed E-state index contributed by atoms with van der Waals surface area (Å²) >= 11 is 0. The summed E-state index contributed by atoms with van der Waals surface area (Å²) in [5.41, 5.74) is 2.35. The molecule has 0 spiro atoms. The number of hydrogen-bond donors (Lipinski definition) is 0. The molecular formula is C14H17NO2. The normalized spacial score (nSPS) is 18.9. The van der Waals surface area contributed by atoms with Gasteiger partial charge in [0.1, 0.15) is 6.04 Å². The number of nitrogens with zero attached hydrogens (tertiary/aromatic N) is 1. The van der Waals surface area contributed by atoms with E-state index >= 15 is 0 Å². The van der Waals surface area contributed by atoms with Crippen molar-refractivity contribution in [1.82, 2.24) is 0 Å². The molecule has 0 N–H and O–H groups in total. The molecule has 1 atom stereocenters. The van der Waals surface area contributed by atoms with Gasteiger partial charge in [0.15, 0.2) is 0 Å². The lowest BCUT2D eigenvalue weighted by atomic mass is 10.1. The van der Waals surface area contributed by atoms with Crippen LogP contribution in [0.4, 0.5) is 0 Å². The molecule has 1 aliphatic heterocycles. The van der Waals surface area contributed by atoms with Gasteiger partial charge in [0, 0.05) is 12.1 Å². The highest BCUT2D eigenvalue weighted by atomic mass is 16.5. The number of esters is 1. The molecule has 0 saturated carbocycles. The van der Waals surface area contributed by atoms with E-state index in [9.17, 15) is 4.79 Å². The summed E-state index contributed by atoms with van der Waals surface area (Å²) in [5.74, 6) is -0.185. The number of benzene rings is 1. The second-order valence-electron chi connectivity index (χ2n) is 4.16. The number of rotatable bonds is 4. The number of ether oxygens (including phenoxy) is 1. The Balaban J connectivity index is 1.95. The molecule has 0 fully saturated rings. The Bertz CT molecular complexity index is 411. The zero-order chi connectivity index (χ0) is 12.1. The predicted molar refractivity (Wildman–Crippen MR) is 67.2 cm³/mol. The molecular weight excluding hydrogens is 214 g/mol. The van der Waals surface area contributed by atoms with Gasteiger partial charge in [0.25, 0.3) is 0 Å². The minimum absolute atomic E-state index is 0.185. The summed E-state index contributed by atoms with van der Waals surface area (Å²) in [6.45, 7) is 2.25. The van der Waals surface area contributed by atoms with Crippen molar-refractivity contribution in [2.45, 2.75) is 32.2 Å². The van der Waals surface area contributed by atoms with Crippen molar-refractivity contribution in [3.63, 3.8) is 0 Å². The third-order valence-corrected chi connectivity index (χ3v) is 2.85. The number of hydrogen-bond acceptors (Lipinski definition) is 3. The van der Waals surface area contributed by atoms with E-state index in [2.05, 4.69) is 17.1 Å². The summed E-state index contributed by atoms with van der Waals surface area (Å²) in [4.78, 5) is 16.0. The summed E-state index contributed by atoms with van der Waals surface area (Å²) in [6, 6.07) is 9.94. The van der Waals surface area contributed by atoms with E-state index in [1.807, 2.05) is 25.1 Å². The molecule has 0 aromatic heterocycles. The SMILES string of the molecule is CCOC(=O)[C@@H]1CCC(Cc2ccccc2)=N1. The molecule has 1 aromatic rings. The summed E-state index contributed by atoms with van der Waals surface area (Å²) in [6.07, 6.45) is 2.54. The van der Waals surface area contributed by atoms with Crippen molar-refractivity contribution in [2.24, 2.45) is 4.99 Å². The lowest BCUT2D eigenvalue weighted by Gasteiger charge is -2.04. The number of carbonyl (C=O) groups is 1. The molecule has 2 rings (SSSR count). The van der Waals surface area contributed by atoms with Gasteiger partial charge in [0.2, 0.25) is 0 Å². The van der Waals surface area contributed by atoms with Gasteiger partial charge in [-0.05, 0) is 25.3 Å². The van der Waals surface area contributed by atoms with Crippen molar-refractivity contribution in [3.8, 4) is 0 Å². The van der Waals surface area contributed by atoms with Crippen LogP contribution in [0, 0.1) is 0 Å². The molecule has 0 unspecified atom stereocenters. The molecule has 0 radical (unpaired) electrons. The molecule has 1 aliphatic rings. The number of aliphatic imine (C=N–C) groups is 1. The second-order valence-corrected chi connectivity index (χ2v) is 4.16. The fourth-order valence-electron chi connectivity index (χ4n) is 2.03. The van der Waals surface area contributed by atoms with E-state index < -0.39 is 0 Å². The maximum Gasteiger partial charge on any atom is 0.330 e. The Labute approximate surface area is 102 Å². The minimum Gasteiger partial charge on any atom is -0.464 e. The molecule has 3 heteroatoms. The topological polar surface area (TPSA) is 38.7 Å². The van der Waals surface area contributed by atoms with Crippen molar-refractivity contribution >= 4 is 11.7 Å². The maximum absolute atomic E-state index is 11.5. The van der Waals surface area contributed by atoms with Crippen LogP contribution in [0.5, 0.6) is 0 Å². The van der Waals surface area contributed by atoms with Crippen LogP contribution in [0.2, 0.25) is 0 Å². The number of carbonyl (C=O) groups excluding carboxylic acids is 1. The largest absolute Gasteiger partial charge is 0.464 e. The van der Waals surface area contributed by atoms with Gasteiger partial charge in [-0.1, -0.05) is 30.3 Å². The Morgan fingerprint density at radius 2 is 2.18 bits per heavy atom. The smallest absolute Gasteiger partial charge is 0.330 e. The first-order chi connectivity index (χ1) is 8.29. The standard InChI is InChI=1S/C14H17NO2/c1-2-17-14(16)13-9-8-12(15-13)10-11-6-4-3-5-7-11/h3-7,13H,2,8-10H2,1H3/t13-/m0/s1. The maximum atomic E-state index is 11.5. The first-order valence-corrected chi connectivity index (χ1v) is 6.05. The lowest BCUT2D eigenvalue weighted by Crippen LogP contribution is -2.18. The molecule has 0 saturated heterocycles. The highest BCUT2D eigenvalue weighted by Gasteiger charge is 2.25. The second kappa shape index (κ2) is 5.62. The van der Waals surface area contributed by atoms with Crippen LogP contribution in [-0.4, -0.2) is 24.3 Å². The summed E-state index contributed by atoms with van der Waals surface area (Å²) < 4.78 is 4.98. The van der Waals surface area contributed by atoms with Crippen LogP contribution in [0.15, 0.2) is 35.3 Å². The van der Waals surface area contributed by atoms with Crippen LogP contribution in [0.25, 0.3) is 0 Å². The summed E-state index contributed by atoms with van der Waals surface area (Å²) in [7, 11) is 0. The van der Waals surface area contributed by atoms with Crippen molar-refractivity contribution in [3.05, 3.63) is 35.9 Å². The van der Waals surface area contributed by atoms with E-state index in [0.717, 1.165) is 25.0 Å². The summed E-state index contributed by atoms with van der Waals surface area (Å²) in [5, 5.41) is 0. The van der Waals surface area contributed by atoms with E-state index in [4.69, 9.17) is 4.74 Å². The average molecular weight is 231 g/mol. The molecule has 0 amide bonds. The fraction of sp³-hybridized carbons (Fsp3) is 0.429.